The van der Waals surface area contributed by atoms with Crippen molar-refractivity contribution < 1.29 is 8.78 Å². The molecule has 0 bridgehead atoms. The molecule has 2 N–H and O–H groups in total. The molecule has 8 nitrogen and oxygen atoms in total. The lowest BCUT2D eigenvalue weighted by Crippen LogP contribution is -2.37. The number of hydrogen-bond acceptors (Lipinski definition) is 8. The quantitative estimate of drug-likeness (QED) is 0.221. The van der Waals surface area contributed by atoms with E-state index in [0.29, 0.717) is 24.9 Å². The highest BCUT2D eigenvalue weighted by Gasteiger charge is 2.38. The number of alkyl halides is 2. The van der Waals surface area contributed by atoms with E-state index in [1.54, 1.807) is 17.2 Å². The van der Waals surface area contributed by atoms with Crippen LogP contribution in [-0.2, 0) is 12.8 Å². The summed E-state index contributed by atoms with van der Waals surface area (Å²) in [6.45, 7) is 3.89. The molecule has 0 spiro atoms. The highest BCUT2D eigenvalue weighted by molar-refractivity contribution is 5.45. The van der Waals surface area contributed by atoms with Crippen LogP contribution < -0.4 is 20.4 Å². The number of rotatable bonds is 11. The molecular weight excluding hydrogens is 534 g/mol. The lowest BCUT2D eigenvalue weighted by atomic mass is 10.1. The average molecular weight is 573 g/mol. The second-order valence-electron chi connectivity index (χ2n) is 10.5. The summed E-state index contributed by atoms with van der Waals surface area (Å²) >= 11 is 0. The Labute approximate surface area is 246 Å². The van der Waals surface area contributed by atoms with Gasteiger partial charge in [-0.2, -0.15) is 9.97 Å². The summed E-state index contributed by atoms with van der Waals surface area (Å²) < 4.78 is 26.5. The molecule has 6 rings (SSSR count). The molecule has 2 aromatic heterocycles. The Balaban J connectivity index is 0.000000169. The van der Waals surface area contributed by atoms with E-state index in [4.69, 9.17) is 0 Å². The second kappa shape index (κ2) is 14.5. The van der Waals surface area contributed by atoms with Crippen molar-refractivity contribution in [1.29, 1.82) is 0 Å². The molecule has 4 aromatic rings. The summed E-state index contributed by atoms with van der Waals surface area (Å²) in [5.41, 5.74) is 2.61. The first-order valence-electron chi connectivity index (χ1n) is 14.6. The summed E-state index contributed by atoms with van der Waals surface area (Å²) in [7, 11) is 0. The number of nitrogens with zero attached hydrogens (tertiary/aromatic N) is 6. The zero-order valence-corrected chi connectivity index (χ0v) is 23.8. The summed E-state index contributed by atoms with van der Waals surface area (Å²) in [6, 6.07) is 24.3. The molecular formula is C32H38F2N8. The van der Waals surface area contributed by atoms with Gasteiger partial charge in [0.2, 0.25) is 11.9 Å². The van der Waals surface area contributed by atoms with Crippen molar-refractivity contribution in [3.63, 3.8) is 0 Å². The third kappa shape index (κ3) is 8.83. The van der Waals surface area contributed by atoms with Gasteiger partial charge < -0.3 is 20.4 Å². The molecule has 0 atom stereocenters. The van der Waals surface area contributed by atoms with Crippen LogP contribution in [0, 0.1) is 0 Å². The monoisotopic (exact) mass is 572 g/mol. The fourth-order valence-electron chi connectivity index (χ4n) is 4.80. The first-order chi connectivity index (χ1) is 20.5. The maximum atomic E-state index is 13.3. The van der Waals surface area contributed by atoms with E-state index < -0.39 is 5.92 Å². The molecule has 4 heterocycles. The van der Waals surface area contributed by atoms with Gasteiger partial charge in [-0.1, -0.05) is 60.7 Å². The van der Waals surface area contributed by atoms with E-state index in [0.717, 1.165) is 50.7 Å². The zero-order valence-electron chi connectivity index (χ0n) is 23.8. The minimum atomic E-state index is -2.62. The van der Waals surface area contributed by atoms with Crippen LogP contribution >= 0.6 is 0 Å². The molecule has 42 heavy (non-hydrogen) atoms. The summed E-state index contributed by atoms with van der Waals surface area (Å²) in [4.78, 5) is 21.2. The predicted octanol–water partition coefficient (Wildman–Crippen LogP) is 5.71. The van der Waals surface area contributed by atoms with Crippen molar-refractivity contribution >= 4 is 23.5 Å². The van der Waals surface area contributed by atoms with Crippen molar-refractivity contribution in [2.45, 2.75) is 38.0 Å². The number of anilines is 4. The molecule has 2 aliphatic rings. The Morgan fingerprint density at radius 1 is 0.667 bits per heavy atom. The molecule has 2 aromatic carbocycles. The summed E-state index contributed by atoms with van der Waals surface area (Å²) in [5, 5.41) is 6.45. The number of aromatic nitrogens is 4. The maximum Gasteiger partial charge on any atom is 0.266 e. The minimum Gasteiger partial charge on any atom is -0.356 e. The van der Waals surface area contributed by atoms with Crippen molar-refractivity contribution in [2.24, 2.45) is 0 Å². The lowest BCUT2D eigenvalue weighted by molar-refractivity contribution is 0.0256. The molecule has 0 saturated carbocycles. The molecule has 220 valence electrons. The number of benzene rings is 2. The fraction of sp³-hybridized carbons (Fsp3) is 0.375. The molecule has 0 radical (unpaired) electrons. The first-order valence-corrected chi connectivity index (χ1v) is 14.6. The van der Waals surface area contributed by atoms with E-state index in [2.05, 4.69) is 77.9 Å². The van der Waals surface area contributed by atoms with E-state index in [9.17, 15) is 8.78 Å². The van der Waals surface area contributed by atoms with Crippen molar-refractivity contribution in [3.05, 3.63) is 96.3 Å². The topological polar surface area (TPSA) is 82.1 Å². The van der Waals surface area contributed by atoms with Gasteiger partial charge in [-0.05, 0) is 48.9 Å². The molecule has 2 fully saturated rings. The van der Waals surface area contributed by atoms with Crippen LogP contribution in [0.25, 0.3) is 0 Å². The van der Waals surface area contributed by atoms with E-state index in [1.807, 2.05) is 30.5 Å². The largest absolute Gasteiger partial charge is 0.356 e. The zero-order chi connectivity index (χ0) is 29.0. The van der Waals surface area contributed by atoms with Gasteiger partial charge in [0.15, 0.2) is 0 Å². The van der Waals surface area contributed by atoms with E-state index in [1.165, 1.54) is 17.5 Å². The maximum absolute atomic E-state index is 13.3. The van der Waals surface area contributed by atoms with Crippen molar-refractivity contribution in [1.82, 2.24) is 19.9 Å². The summed E-state index contributed by atoms with van der Waals surface area (Å²) in [6.07, 6.45) is 7.61. The fourth-order valence-corrected chi connectivity index (χ4v) is 4.80. The highest BCUT2D eigenvalue weighted by Crippen LogP contribution is 2.30. The first kappa shape index (κ1) is 29.2. The van der Waals surface area contributed by atoms with Crippen LogP contribution in [0.2, 0.25) is 0 Å². The Morgan fingerprint density at radius 3 is 1.79 bits per heavy atom. The molecule has 2 saturated heterocycles. The van der Waals surface area contributed by atoms with Crippen LogP contribution in [0.4, 0.5) is 32.3 Å². The normalized spacial score (nSPS) is 15.4. The molecule has 10 heteroatoms. The van der Waals surface area contributed by atoms with Crippen LogP contribution in [0.15, 0.2) is 85.2 Å². The average Bonchev–Trinajstić information content (AvgIpc) is 3.36. The van der Waals surface area contributed by atoms with Gasteiger partial charge in [0.1, 0.15) is 11.6 Å². The van der Waals surface area contributed by atoms with Gasteiger partial charge in [-0.15, -0.1) is 0 Å². The molecule has 0 unspecified atom stereocenters. The van der Waals surface area contributed by atoms with Crippen LogP contribution in [-0.4, -0.2) is 65.1 Å². The van der Waals surface area contributed by atoms with Crippen molar-refractivity contribution in [3.8, 4) is 0 Å². The Morgan fingerprint density at radius 2 is 1.24 bits per heavy atom. The number of nitrogens with one attached hydrogen (secondary N) is 2. The van der Waals surface area contributed by atoms with Gasteiger partial charge in [0, 0.05) is 51.5 Å². The smallest absolute Gasteiger partial charge is 0.266 e. The van der Waals surface area contributed by atoms with Crippen LogP contribution in [0.3, 0.4) is 0 Å². The molecule has 0 aliphatic carbocycles. The number of hydrogen-bond donors (Lipinski definition) is 2. The highest BCUT2D eigenvalue weighted by atomic mass is 19.3. The van der Waals surface area contributed by atoms with Gasteiger partial charge in [-0.3, -0.25) is 0 Å². The van der Waals surface area contributed by atoms with Gasteiger partial charge in [0.25, 0.3) is 5.92 Å². The SMILES string of the molecule is FC1(F)CCN(c2ccnc(NCCc3ccccc3)n2)C1.c1ccc(CCCNc2nccc(N3CCC3)n2)cc1. The number of aryl methyl sites for hydroxylation is 1. The Bertz CT molecular complexity index is 1370. The minimum absolute atomic E-state index is 0.117. The standard InChI is InChI=1S/C16H18F2N4.C16H20N4/c17-16(18)8-11-22(12-16)14-7-10-20-15(21-14)19-9-6-13-4-2-1-3-5-13;1-2-6-14(7-3-1)8-4-10-17-16-18-11-9-15(19-16)20-12-5-13-20/h1-5,7,10H,6,8-9,11-12H2,(H,19,20,21);1-3,6-7,9,11H,4-5,8,10,12-13H2,(H,17,18,19). The molecule has 2 aliphatic heterocycles. The third-order valence-electron chi connectivity index (χ3n) is 7.26. The second-order valence-corrected chi connectivity index (χ2v) is 10.5. The van der Waals surface area contributed by atoms with E-state index >= 15 is 0 Å². The Hall–Kier alpha value is -4.34. The van der Waals surface area contributed by atoms with Gasteiger partial charge >= 0.3 is 0 Å². The lowest BCUT2D eigenvalue weighted by Gasteiger charge is -2.31. The Kier molecular flexibility index (Phi) is 10.1. The molecule has 0 amide bonds. The summed E-state index contributed by atoms with van der Waals surface area (Å²) in [5.74, 6) is 0.184. The van der Waals surface area contributed by atoms with Gasteiger partial charge in [0.05, 0.1) is 6.54 Å². The van der Waals surface area contributed by atoms with Crippen LogP contribution in [0.1, 0.15) is 30.4 Å². The third-order valence-corrected chi connectivity index (χ3v) is 7.26. The van der Waals surface area contributed by atoms with Crippen molar-refractivity contribution in [2.75, 3.05) is 59.7 Å². The van der Waals surface area contributed by atoms with Gasteiger partial charge in [-0.25, -0.2) is 18.7 Å². The predicted molar refractivity (Wildman–Crippen MR) is 165 cm³/mol. The number of halogens is 2. The van der Waals surface area contributed by atoms with Crippen LogP contribution in [0.5, 0.6) is 0 Å². The van der Waals surface area contributed by atoms with E-state index in [-0.39, 0.29) is 13.0 Å².